The summed E-state index contributed by atoms with van der Waals surface area (Å²) in [6.07, 6.45) is 8.69. The number of hydrogen-bond acceptors (Lipinski definition) is 12. The average molecular weight is 757 g/mol. The number of aliphatic hydroxyl groups is 1. The number of amides is 1. The number of rotatable bonds is 8. The molecule has 11 nitrogen and oxygen atoms in total. The summed E-state index contributed by atoms with van der Waals surface area (Å²) in [5.41, 5.74) is 24.1. The summed E-state index contributed by atoms with van der Waals surface area (Å²) in [5.74, 6) is 0.691. The van der Waals surface area contributed by atoms with E-state index in [0.29, 0.717) is 35.5 Å². The van der Waals surface area contributed by atoms with E-state index >= 15 is 0 Å². The van der Waals surface area contributed by atoms with Crippen molar-refractivity contribution in [1.82, 2.24) is 24.8 Å². The number of nitrogens with zero attached hydrogens (tertiary/aromatic N) is 5. The number of piperidine rings is 1. The summed E-state index contributed by atoms with van der Waals surface area (Å²) in [7, 11) is 0. The standard InChI is InChI=1S/C18H22ClN5OS.C17H21ClN4OS/c1-11(25)24-7-6-12(9-20)8-15(24)17-16(10-22-18(21)23-17)26-14-4-2-13(19)3-5-14;18-11-4-6-12(7-5-11)24-14-9-21-16(20)22-15(14)13-3-1-2-8-17(13,23)10-19/h2-5,10,12,15H,6-9,20H2,1H3,(H2,21,22,23);4-7,9,13,23H,1-3,8,10,19H2,(H2,20,21,22). The van der Waals surface area contributed by atoms with E-state index in [1.54, 1.807) is 31.1 Å². The van der Waals surface area contributed by atoms with E-state index in [1.165, 1.54) is 11.8 Å². The van der Waals surface area contributed by atoms with Crippen molar-refractivity contribution < 1.29 is 9.90 Å². The Bertz CT molecular complexity index is 1750. The zero-order chi connectivity index (χ0) is 35.8. The molecular weight excluding hydrogens is 713 g/mol. The first-order valence-electron chi connectivity index (χ1n) is 16.5. The molecule has 1 saturated heterocycles. The smallest absolute Gasteiger partial charge is 0.220 e. The number of halogens is 2. The molecule has 266 valence electrons. The molecule has 2 aromatic carbocycles. The quantitative estimate of drug-likeness (QED) is 0.134. The summed E-state index contributed by atoms with van der Waals surface area (Å²) in [6.45, 7) is 3.08. The van der Waals surface area contributed by atoms with Gasteiger partial charge in [-0.15, -0.1) is 0 Å². The summed E-state index contributed by atoms with van der Waals surface area (Å²) in [6, 6.07) is 15.0. The van der Waals surface area contributed by atoms with Crippen LogP contribution in [0.25, 0.3) is 0 Å². The summed E-state index contributed by atoms with van der Waals surface area (Å²) < 4.78 is 0. The number of carbonyl (C=O) groups is 1. The van der Waals surface area contributed by atoms with E-state index in [-0.39, 0.29) is 36.3 Å². The fraction of sp³-hybridized carbons (Fsp3) is 0.400. The van der Waals surface area contributed by atoms with Gasteiger partial charge in [0.1, 0.15) is 0 Å². The number of benzene rings is 2. The van der Waals surface area contributed by atoms with Crippen molar-refractivity contribution >= 4 is 64.5 Å². The van der Waals surface area contributed by atoms with E-state index in [9.17, 15) is 9.90 Å². The average Bonchev–Trinajstić information content (AvgIpc) is 3.12. The Morgan fingerprint density at radius 1 is 0.880 bits per heavy atom. The second-order valence-electron chi connectivity index (χ2n) is 12.5. The third-order valence-corrected chi connectivity index (χ3v) is 11.7. The first-order chi connectivity index (χ1) is 24.0. The molecule has 2 fully saturated rings. The van der Waals surface area contributed by atoms with Crippen molar-refractivity contribution in [2.24, 2.45) is 17.4 Å². The third-order valence-electron chi connectivity index (χ3n) is 9.14. The Labute approximate surface area is 311 Å². The molecule has 1 saturated carbocycles. The van der Waals surface area contributed by atoms with Crippen molar-refractivity contribution in [3.8, 4) is 0 Å². The van der Waals surface area contributed by atoms with Crippen LogP contribution in [-0.4, -0.2) is 61.1 Å². The van der Waals surface area contributed by atoms with Crippen molar-refractivity contribution in [2.75, 3.05) is 31.1 Å². The van der Waals surface area contributed by atoms with E-state index in [1.807, 2.05) is 53.4 Å². The van der Waals surface area contributed by atoms with Crippen LogP contribution in [-0.2, 0) is 4.79 Å². The maximum absolute atomic E-state index is 12.2. The van der Waals surface area contributed by atoms with Crippen LogP contribution in [0.1, 0.15) is 68.8 Å². The first-order valence-corrected chi connectivity index (χ1v) is 18.9. The normalized spacial score (nSPS) is 22.0. The van der Waals surface area contributed by atoms with E-state index in [0.717, 1.165) is 63.1 Å². The second kappa shape index (κ2) is 17.4. The fourth-order valence-electron chi connectivity index (χ4n) is 6.45. The Hall–Kier alpha value is -3.17. The van der Waals surface area contributed by atoms with Gasteiger partial charge in [-0.05, 0) is 86.7 Å². The van der Waals surface area contributed by atoms with Gasteiger partial charge in [-0.25, -0.2) is 19.9 Å². The fourth-order valence-corrected chi connectivity index (χ4v) is 8.54. The van der Waals surface area contributed by atoms with Gasteiger partial charge < -0.3 is 32.9 Å². The lowest BCUT2D eigenvalue weighted by Crippen LogP contribution is -2.46. The lowest BCUT2D eigenvalue weighted by molar-refractivity contribution is -0.133. The highest BCUT2D eigenvalue weighted by atomic mass is 35.5. The molecule has 9 N–H and O–H groups in total. The molecule has 2 aliphatic rings. The van der Waals surface area contributed by atoms with Crippen molar-refractivity contribution in [3.05, 3.63) is 82.4 Å². The van der Waals surface area contributed by atoms with Gasteiger partial charge in [0.15, 0.2) is 0 Å². The number of aromatic nitrogens is 4. The number of carbonyl (C=O) groups excluding carboxylic acids is 1. The van der Waals surface area contributed by atoms with Crippen LogP contribution in [0.4, 0.5) is 11.9 Å². The molecule has 4 unspecified atom stereocenters. The molecule has 1 aliphatic carbocycles. The van der Waals surface area contributed by atoms with E-state index in [2.05, 4.69) is 19.9 Å². The lowest BCUT2D eigenvalue weighted by atomic mass is 9.73. The zero-order valence-corrected chi connectivity index (χ0v) is 31.0. The molecule has 4 aromatic rings. The minimum Gasteiger partial charge on any atom is -0.388 e. The number of nitrogens with two attached hydrogens (primary N) is 4. The largest absolute Gasteiger partial charge is 0.388 e. The number of anilines is 2. The van der Waals surface area contributed by atoms with Gasteiger partial charge in [0.2, 0.25) is 17.8 Å². The van der Waals surface area contributed by atoms with Crippen molar-refractivity contribution in [1.29, 1.82) is 0 Å². The minimum atomic E-state index is -0.936. The monoisotopic (exact) mass is 755 g/mol. The van der Waals surface area contributed by atoms with Crippen molar-refractivity contribution in [2.45, 2.75) is 82.6 Å². The van der Waals surface area contributed by atoms with E-state index < -0.39 is 5.60 Å². The molecule has 4 atom stereocenters. The summed E-state index contributed by atoms with van der Waals surface area (Å²) >= 11 is 15.0. The highest BCUT2D eigenvalue weighted by molar-refractivity contribution is 7.99. The number of hydrogen-bond donors (Lipinski definition) is 5. The van der Waals surface area contributed by atoms with Crippen LogP contribution in [0.15, 0.2) is 80.5 Å². The molecule has 6 rings (SSSR count). The van der Waals surface area contributed by atoms with Gasteiger partial charge >= 0.3 is 0 Å². The highest BCUT2D eigenvalue weighted by Gasteiger charge is 2.41. The van der Waals surface area contributed by atoms with Crippen LogP contribution in [0.2, 0.25) is 10.0 Å². The lowest BCUT2D eigenvalue weighted by Gasteiger charge is -2.39. The predicted octanol–water partition coefficient (Wildman–Crippen LogP) is 6.33. The van der Waals surface area contributed by atoms with Crippen LogP contribution in [0.5, 0.6) is 0 Å². The maximum Gasteiger partial charge on any atom is 0.220 e. The SMILES string of the molecule is CC(=O)N1CCC(CN)CC1c1nc(N)ncc1Sc1ccc(Cl)cc1.NCC1(O)CCCCC1c1nc(N)ncc1Sc1ccc(Cl)cc1. The molecule has 0 bridgehead atoms. The Kier molecular flexibility index (Phi) is 13.2. The molecule has 3 heterocycles. The van der Waals surface area contributed by atoms with Crippen LogP contribution >= 0.6 is 46.7 Å². The van der Waals surface area contributed by atoms with E-state index in [4.69, 9.17) is 46.1 Å². The summed E-state index contributed by atoms with van der Waals surface area (Å²) in [4.78, 5) is 35.1. The highest BCUT2D eigenvalue weighted by Crippen LogP contribution is 2.44. The summed E-state index contributed by atoms with van der Waals surface area (Å²) in [5, 5.41) is 12.3. The number of nitrogen functional groups attached to an aromatic ring is 2. The van der Waals surface area contributed by atoms with Gasteiger partial charge in [0, 0.05) is 58.2 Å². The molecule has 1 aliphatic heterocycles. The van der Waals surface area contributed by atoms with Crippen LogP contribution < -0.4 is 22.9 Å². The number of likely N-dealkylation sites (tertiary alicyclic amines) is 1. The first kappa shape index (κ1) is 38.1. The van der Waals surface area contributed by atoms with Gasteiger partial charge in [0.05, 0.1) is 32.8 Å². The molecule has 1 amide bonds. The molecule has 0 radical (unpaired) electrons. The van der Waals surface area contributed by atoms with Gasteiger partial charge in [-0.2, -0.15) is 0 Å². The Balaban J connectivity index is 0.000000195. The van der Waals surface area contributed by atoms with Gasteiger partial charge in [-0.1, -0.05) is 59.6 Å². The van der Waals surface area contributed by atoms with Gasteiger partial charge in [-0.3, -0.25) is 4.79 Å². The molecular formula is C35H43Cl2N9O2S2. The molecule has 0 spiro atoms. The maximum atomic E-state index is 12.2. The topological polar surface area (TPSA) is 196 Å². The second-order valence-corrected chi connectivity index (χ2v) is 15.6. The van der Waals surface area contributed by atoms with Crippen LogP contribution in [0.3, 0.4) is 0 Å². The predicted molar refractivity (Wildman–Crippen MR) is 201 cm³/mol. The molecule has 15 heteroatoms. The molecule has 50 heavy (non-hydrogen) atoms. The van der Waals surface area contributed by atoms with Crippen molar-refractivity contribution in [3.63, 3.8) is 0 Å². The molecule has 2 aromatic heterocycles. The van der Waals surface area contributed by atoms with Gasteiger partial charge in [0.25, 0.3) is 0 Å². The Morgan fingerprint density at radius 3 is 1.94 bits per heavy atom. The minimum absolute atomic E-state index is 0.0325. The zero-order valence-electron chi connectivity index (χ0n) is 27.8. The Morgan fingerprint density at radius 2 is 1.42 bits per heavy atom. The van der Waals surface area contributed by atoms with Crippen LogP contribution in [0, 0.1) is 5.92 Å². The third kappa shape index (κ3) is 9.58.